The highest BCUT2D eigenvalue weighted by atomic mass is 15.1. The first kappa shape index (κ1) is 9.40. The minimum absolute atomic E-state index is 0.347. The lowest BCUT2D eigenvalue weighted by Crippen LogP contribution is -2.36. The molecule has 14 heavy (non-hydrogen) atoms. The van der Waals surface area contributed by atoms with E-state index in [-0.39, 0.29) is 0 Å². The van der Waals surface area contributed by atoms with Crippen molar-refractivity contribution in [2.24, 2.45) is 0 Å². The maximum Gasteiger partial charge on any atom is 0.219 e. The largest absolute Gasteiger partial charge is 0.368 e. The number of rotatable bonds is 3. The second-order valence-corrected chi connectivity index (χ2v) is 3.95. The molecule has 0 unspecified atom stereocenters. The van der Waals surface area contributed by atoms with E-state index in [1.165, 1.54) is 19.3 Å². The molecule has 0 amide bonds. The van der Waals surface area contributed by atoms with Gasteiger partial charge in [-0.2, -0.15) is 0 Å². The third-order valence-electron chi connectivity index (χ3n) is 2.86. The van der Waals surface area contributed by atoms with Crippen molar-refractivity contribution in [1.29, 1.82) is 0 Å². The summed E-state index contributed by atoms with van der Waals surface area (Å²) in [5.74, 6) is 0.347. The van der Waals surface area contributed by atoms with Crippen molar-refractivity contribution in [1.82, 2.24) is 14.9 Å². The molecule has 0 aliphatic heterocycles. The van der Waals surface area contributed by atoms with Gasteiger partial charge in [0.25, 0.3) is 0 Å². The van der Waals surface area contributed by atoms with Gasteiger partial charge >= 0.3 is 0 Å². The zero-order valence-electron chi connectivity index (χ0n) is 8.48. The van der Waals surface area contributed by atoms with E-state index in [9.17, 15) is 0 Å². The molecule has 1 aliphatic carbocycles. The molecular weight excluding hydrogens is 176 g/mol. The topological polar surface area (TPSA) is 55.0 Å². The van der Waals surface area contributed by atoms with Gasteiger partial charge in [0, 0.05) is 30.5 Å². The molecule has 1 saturated carbocycles. The van der Waals surface area contributed by atoms with Gasteiger partial charge in [0.1, 0.15) is 0 Å². The molecule has 2 rings (SSSR count). The van der Waals surface area contributed by atoms with Crippen LogP contribution >= 0.6 is 0 Å². The van der Waals surface area contributed by atoms with Crippen molar-refractivity contribution in [3.63, 3.8) is 0 Å². The summed E-state index contributed by atoms with van der Waals surface area (Å²) in [5, 5.41) is 0. The molecule has 0 spiro atoms. The monoisotopic (exact) mass is 192 g/mol. The second kappa shape index (κ2) is 3.92. The summed E-state index contributed by atoms with van der Waals surface area (Å²) in [7, 11) is 2.15. The first-order chi connectivity index (χ1) is 6.75. The normalized spacial score (nSPS) is 17.0. The highest BCUT2D eigenvalue weighted by Crippen LogP contribution is 2.24. The van der Waals surface area contributed by atoms with Crippen molar-refractivity contribution in [2.75, 3.05) is 12.8 Å². The van der Waals surface area contributed by atoms with E-state index in [2.05, 4.69) is 21.9 Å². The van der Waals surface area contributed by atoms with Crippen LogP contribution in [0.15, 0.2) is 12.4 Å². The Morgan fingerprint density at radius 3 is 2.57 bits per heavy atom. The molecule has 1 aromatic heterocycles. The predicted octanol–water partition coefficient (Wildman–Crippen LogP) is 1.04. The summed E-state index contributed by atoms with van der Waals surface area (Å²) in [4.78, 5) is 10.3. The molecule has 0 radical (unpaired) electrons. The van der Waals surface area contributed by atoms with Crippen LogP contribution in [-0.4, -0.2) is 28.0 Å². The average Bonchev–Trinajstić information content (AvgIpc) is 2.06. The minimum Gasteiger partial charge on any atom is -0.368 e. The fourth-order valence-electron chi connectivity index (χ4n) is 1.69. The molecule has 76 valence electrons. The lowest BCUT2D eigenvalue weighted by atomic mass is 9.92. The van der Waals surface area contributed by atoms with Gasteiger partial charge in [-0.25, -0.2) is 9.97 Å². The molecule has 4 heteroatoms. The van der Waals surface area contributed by atoms with Gasteiger partial charge in [-0.05, 0) is 19.9 Å². The molecule has 0 bridgehead atoms. The quantitative estimate of drug-likeness (QED) is 0.777. The van der Waals surface area contributed by atoms with Crippen molar-refractivity contribution in [3.05, 3.63) is 18.0 Å². The summed E-state index contributed by atoms with van der Waals surface area (Å²) >= 11 is 0. The van der Waals surface area contributed by atoms with E-state index in [1.54, 1.807) is 12.4 Å². The van der Waals surface area contributed by atoms with Crippen LogP contribution in [0, 0.1) is 0 Å². The van der Waals surface area contributed by atoms with Crippen LogP contribution < -0.4 is 5.73 Å². The van der Waals surface area contributed by atoms with E-state index >= 15 is 0 Å². The third-order valence-corrected chi connectivity index (χ3v) is 2.86. The first-order valence-electron chi connectivity index (χ1n) is 5.02. The maximum atomic E-state index is 5.42. The third kappa shape index (κ3) is 2.01. The average molecular weight is 192 g/mol. The molecule has 4 nitrogen and oxygen atoms in total. The van der Waals surface area contributed by atoms with Crippen LogP contribution in [0.2, 0.25) is 0 Å². The fourth-order valence-corrected chi connectivity index (χ4v) is 1.69. The van der Waals surface area contributed by atoms with Gasteiger partial charge in [-0.3, -0.25) is 4.90 Å². The predicted molar refractivity (Wildman–Crippen MR) is 55.6 cm³/mol. The Bertz CT molecular complexity index is 291. The van der Waals surface area contributed by atoms with Crippen LogP contribution in [0.3, 0.4) is 0 Å². The Morgan fingerprint density at radius 2 is 2.07 bits per heavy atom. The van der Waals surface area contributed by atoms with E-state index in [1.807, 2.05) is 0 Å². The maximum absolute atomic E-state index is 5.42. The summed E-state index contributed by atoms with van der Waals surface area (Å²) < 4.78 is 0. The summed E-state index contributed by atoms with van der Waals surface area (Å²) in [6.07, 6.45) is 7.63. The van der Waals surface area contributed by atoms with Gasteiger partial charge in [0.15, 0.2) is 0 Å². The molecule has 0 saturated heterocycles. The highest BCUT2D eigenvalue weighted by molar-refractivity contribution is 5.17. The highest BCUT2D eigenvalue weighted by Gasteiger charge is 2.21. The van der Waals surface area contributed by atoms with Crippen LogP contribution in [-0.2, 0) is 6.54 Å². The second-order valence-electron chi connectivity index (χ2n) is 3.95. The van der Waals surface area contributed by atoms with Crippen LogP contribution in [0.4, 0.5) is 5.95 Å². The zero-order chi connectivity index (χ0) is 9.97. The van der Waals surface area contributed by atoms with Crippen LogP contribution in [0.25, 0.3) is 0 Å². The summed E-state index contributed by atoms with van der Waals surface area (Å²) in [6, 6.07) is 0.757. The first-order valence-corrected chi connectivity index (χ1v) is 5.02. The van der Waals surface area contributed by atoms with Gasteiger partial charge in [0.05, 0.1) is 0 Å². The fraction of sp³-hybridized carbons (Fsp3) is 0.600. The van der Waals surface area contributed by atoms with Crippen molar-refractivity contribution < 1.29 is 0 Å². The minimum atomic E-state index is 0.347. The Morgan fingerprint density at radius 1 is 1.43 bits per heavy atom. The molecule has 2 N–H and O–H groups in total. The molecule has 0 aromatic carbocycles. The molecule has 1 heterocycles. The van der Waals surface area contributed by atoms with Gasteiger partial charge < -0.3 is 5.73 Å². The van der Waals surface area contributed by atoms with Crippen LogP contribution in [0.5, 0.6) is 0 Å². The summed E-state index contributed by atoms with van der Waals surface area (Å²) in [6.45, 7) is 0.922. The molecule has 1 aliphatic rings. The number of hydrogen-bond acceptors (Lipinski definition) is 4. The Kier molecular flexibility index (Phi) is 2.63. The lowest BCUT2D eigenvalue weighted by molar-refractivity contribution is 0.152. The number of nitrogens with two attached hydrogens (primary N) is 1. The number of aromatic nitrogens is 2. The van der Waals surface area contributed by atoms with Crippen molar-refractivity contribution in [3.8, 4) is 0 Å². The smallest absolute Gasteiger partial charge is 0.219 e. The number of anilines is 1. The van der Waals surface area contributed by atoms with E-state index in [4.69, 9.17) is 5.73 Å². The molecule has 1 fully saturated rings. The number of hydrogen-bond donors (Lipinski definition) is 1. The van der Waals surface area contributed by atoms with E-state index < -0.39 is 0 Å². The molecule has 0 atom stereocenters. The summed E-state index contributed by atoms with van der Waals surface area (Å²) in [5.41, 5.74) is 6.55. The SMILES string of the molecule is CN(Cc1cnc(N)nc1)C1CCC1. The molecular formula is C10H16N4. The van der Waals surface area contributed by atoms with Crippen molar-refractivity contribution in [2.45, 2.75) is 31.8 Å². The Balaban J connectivity index is 1.92. The van der Waals surface area contributed by atoms with Gasteiger partial charge in [-0.1, -0.05) is 6.42 Å². The van der Waals surface area contributed by atoms with E-state index in [0.29, 0.717) is 5.95 Å². The lowest BCUT2D eigenvalue weighted by Gasteiger charge is -2.34. The van der Waals surface area contributed by atoms with Crippen LogP contribution in [0.1, 0.15) is 24.8 Å². The standard InChI is InChI=1S/C10H16N4/c1-14(9-3-2-4-9)7-8-5-12-10(11)13-6-8/h5-6,9H,2-4,7H2,1H3,(H2,11,12,13). The van der Waals surface area contributed by atoms with E-state index in [0.717, 1.165) is 18.2 Å². The molecule has 1 aromatic rings. The Labute approximate surface area is 84.2 Å². The van der Waals surface area contributed by atoms with Gasteiger partial charge in [-0.15, -0.1) is 0 Å². The number of nitrogens with zero attached hydrogens (tertiary/aromatic N) is 3. The number of nitrogen functional groups attached to an aromatic ring is 1. The van der Waals surface area contributed by atoms with Gasteiger partial charge in [0.2, 0.25) is 5.95 Å². The van der Waals surface area contributed by atoms with Crippen molar-refractivity contribution >= 4 is 5.95 Å². The Hall–Kier alpha value is -1.16. The zero-order valence-corrected chi connectivity index (χ0v) is 8.48.